The van der Waals surface area contributed by atoms with Gasteiger partial charge in [0.1, 0.15) is 0 Å². The minimum Gasteiger partial charge on any atom is -0.342 e. The van der Waals surface area contributed by atoms with Gasteiger partial charge in [0.05, 0.1) is 0 Å². The van der Waals surface area contributed by atoms with E-state index in [0.29, 0.717) is 23.7 Å². The van der Waals surface area contributed by atoms with Gasteiger partial charge < -0.3 is 4.90 Å². The van der Waals surface area contributed by atoms with E-state index in [4.69, 9.17) is 0 Å². The molecule has 106 valence electrons. The number of rotatable bonds is 6. The maximum Gasteiger partial charge on any atom is 0.225 e. The van der Waals surface area contributed by atoms with Crippen LogP contribution < -0.4 is 0 Å². The lowest BCUT2D eigenvalue weighted by atomic mass is 10.1. The second-order valence-electron chi connectivity index (χ2n) is 6.97. The van der Waals surface area contributed by atoms with Crippen LogP contribution >= 0.6 is 0 Å². The van der Waals surface area contributed by atoms with E-state index in [0.717, 1.165) is 31.8 Å². The maximum atomic E-state index is 12.4. The van der Waals surface area contributed by atoms with E-state index in [1.165, 1.54) is 24.8 Å². The third kappa shape index (κ3) is 2.74. The highest BCUT2D eigenvalue weighted by Gasteiger charge is 2.43. The molecule has 2 heteroatoms. The van der Waals surface area contributed by atoms with Crippen LogP contribution in [0.3, 0.4) is 0 Å². The Morgan fingerprint density at radius 3 is 2.45 bits per heavy atom. The fourth-order valence-electron chi connectivity index (χ4n) is 3.30. The minimum absolute atomic E-state index is 0.377. The number of carbonyl (C=O) groups is 1. The van der Waals surface area contributed by atoms with Crippen LogP contribution in [-0.4, -0.2) is 23.9 Å². The van der Waals surface area contributed by atoms with Gasteiger partial charge in [-0.25, -0.2) is 0 Å². The van der Waals surface area contributed by atoms with Crippen molar-refractivity contribution in [3.8, 4) is 0 Å². The highest BCUT2D eigenvalue weighted by Crippen LogP contribution is 2.48. The van der Waals surface area contributed by atoms with E-state index < -0.39 is 0 Å². The van der Waals surface area contributed by atoms with Crippen molar-refractivity contribution in [3.05, 3.63) is 35.9 Å². The molecule has 20 heavy (non-hydrogen) atoms. The Balaban J connectivity index is 1.37. The Bertz CT molecular complexity index is 489. The van der Waals surface area contributed by atoms with Gasteiger partial charge in [-0.3, -0.25) is 4.79 Å². The van der Waals surface area contributed by atoms with Crippen LogP contribution in [0.25, 0.3) is 0 Å². The van der Waals surface area contributed by atoms with Gasteiger partial charge in [0.15, 0.2) is 0 Å². The number of hydrogen-bond acceptors (Lipinski definition) is 1. The van der Waals surface area contributed by atoms with Crippen LogP contribution in [0.15, 0.2) is 30.3 Å². The second-order valence-corrected chi connectivity index (χ2v) is 6.97. The van der Waals surface area contributed by atoms with Gasteiger partial charge in [0.2, 0.25) is 5.91 Å². The standard InChI is InChI=1S/C18H23NO/c20-18(15-8-9-15)19(11-13-6-7-13)12-16-10-17(16)14-4-2-1-3-5-14/h1-5,13,15-17H,6-12H2/t16-,17?/m1/s1. The van der Waals surface area contributed by atoms with Gasteiger partial charge in [-0.1, -0.05) is 30.3 Å². The first-order valence-corrected chi connectivity index (χ1v) is 8.15. The molecule has 0 N–H and O–H groups in total. The van der Waals surface area contributed by atoms with E-state index in [1.807, 2.05) is 0 Å². The van der Waals surface area contributed by atoms with Gasteiger partial charge in [-0.05, 0) is 55.4 Å². The molecule has 4 rings (SSSR count). The monoisotopic (exact) mass is 269 g/mol. The minimum atomic E-state index is 0.377. The van der Waals surface area contributed by atoms with Gasteiger partial charge in [0, 0.05) is 19.0 Å². The largest absolute Gasteiger partial charge is 0.342 e. The molecule has 3 aliphatic carbocycles. The fourth-order valence-corrected chi connectivity index (χ4v) is 3.30. The molecule has 3 saturated carbocycles. The molecule has 2 nitrogen and oxygen atoms in total. The Kier molecular flexibility index (Phi) is 3.05. The molecule has 0 saturated heterocycles. The molecule has 0 heterocycles. The third-order valence-electron chi connectivity index (χ3n) is 5.02. The van der Waals surface area contributed by atoms with Crippen molar-refractivity contribution >= 4 is 5.91 Å². The summed E-state index contributed by atoms with van der Waals surface area (Å²) in [6.07, 6.45) is 6.20. The topological polar surface area (TPSA) is 20.3 Å². The first kappa shape index (κ1) is 12.4. The molecule has 2 atom stereocenters. The maximum absolute atomic E-state index is 12.4. The van der Waals surface area contributed by atoms with Crippen molar-refractivity contribution in [3.63, 3.8) is 0 Å². The molecule has 1 aromatic carbocycles. The van der Waals surface area contributed by atoms with E-state index >= 15 is 0 Å². The lowest BCUT2D eigenvalue weighted by Gasteiger charge is -2.23. The number of amides is 1. The molecular formula is C18H23NO. The van der Waals surface area contributed by atoms with Gasteiger partial charge in [0.25, 0.3) is 0 Å². The number of hydrogen-bond donors (Lipinski definition) is 0. The number of benzene rings is 1. The smallest absolute Gasteiger partial charge is 0.225 e. The van der Waals surface area contributed by atoms with Crippen molar-refractivity contribution in [1.29, 1.82) is 0 Å². The summed E-state index contributed by atoms with van der Waals surface area (Å²) in [5.41, 5.74) is 1.46. The Hall–Kier alpha value is -1.31. The van der Waals surface area contributed by atoms with E-state index in [9.17, 15) is 4.79 Å². The number of carbonyl (C=O) groups excluding carboxylic acids is 1. The molecule has 0 aliphatic heterocycles. The molecular weight excluding hydrogens is 246 g/mol. The molecule has 0 aromatic heterocycles. The van der Waals surface area contributed by atoms with Crippen molar-refractivity contribution in [2.75, 3.05) is 13.1 Å². The average molecular weight is 269 g/mol. The molecule has 0 radical (unpaired) electrons. The summed E-state index contributed by atoms with van der Waals surface area (Å²) in [5, 5.41) is 0. The van der Waals surface area contributed by atoms with Gasteiger partial charge in [-0.2, -0.15) is 0 Å². The fraction of sp³-hybridized carbons (Fsp3) is 0.611. The van der Waals surface area contributed by atoms with Crippen LogP contribution in [0.1, 0.15) is 43.6 Å². The van der Waals surface area contributed by atoms with Gasteiger partial charge >= 0.3 is 0 Å². The second kappa shape index (κ2) is 4.91. The predicted molar refractivity (Wildman–Crippen MR) is 79.3 cm³/mol. The summed E-state index contributed by atoms with van der Waals surface area (Å²) >= 11 is 0. The lowest BCUT2D eigenvalue weighted by Crippen LogP contribution is -2.36. The SMILES string of the molecule is O=C(C1CC1)N(CC1CC1)C[C@H]1CC1c1ccccc1. The quantitative estimate of drug-likeness (QED) is 0.774. The first-order valence-electron chi connectivity index (χ1n) is 8.15. The van der Waals surface area contributed by atoms with Crippen molar-refractivity contribution in [2.45, 2.75) is 38.0 Å². The zero-order valence-electron chi connectivity index (χ0n) is 12.0. The van der Waals surface area contributed by atoms with E-state index in [2.05, 4.69) is 35.2 Å². The van der Waals surface area contributed by atoms with Crippen LogP contribution in [0.5, 0.6) is 0 Å². The van der Waals surface area contributed by atoms with Crippen LogP contribution in [0.4, 0.5) is 0 Å². The summed E-state index contributed by atoms with van der Waals surface area (Å²) in [6.45, 7) is 2.04. The Morgan fingerprint density at radius 1 is 1.05 bits per heavy atom. The van der Waals surface area contributed by atoms with Gasteiger partial charge in [-0.15, -0.1) is 0 Å². The predicted octanol–water partition coefficient (Wildman–Crippen LogP) is 3.44. The van der Waals surface area contributed by atoms with E-state index in [1.54, 1.807) is 0 Å². The molecule has 3 fully saturated rings. The van der Waals surface area contributed by atoms with Crippen LogP contribution in [0.2, 0.25) is 0 Å². The first-order chi connectivity index (χ1) is 9.81. The molecule has 0 bridgehead atoms. The Morgan fingerprint density at radius 2 is 1.80 bits per heavy atom. The third-order valence-corrected chi connectivity index (χ3v) is 5.02. The van der Waals surface area contributed by atoms with Crippen LogP contribution in [0, 0.1) is 17.8 Å². The highest BCUT2D eigenvalue weighted by molar-refractivity contribution is 5.81. The molecule has 0 spiro atoms. The number of nitrogens with zero attached hydrogens (tertiary/aromatic N) is 1. The Labute approximate surface area is 121 Å². The average Bonchev–Trinajstić information content (AvgIpc) is 3.34. The summed E-state index contributed by atoms with van der Waals surface area (Å²) < 4.78 is 0. The zero-order valence-corrected chi connectivity index (χ0v) is 12.0. The van der Waals surface area contributed by atoms with Crippen molar-refractivity contribution in [1.82, 2.24) is 4.90 Å². The summed E-state index contributed by atoms with van der Waals surface area (Å²) in [5.74, 6) is 3.05. The lowest BCUT2D eigenvalue weighted by molar-refractivity contribution is -0.133. The summed E-state index contributed by atoms with van der Waals surface area (Å²) in [4.78, 5) is 14.6. The molecule has 3 aliphatic rings. The summed E-state index contributed by atoms with van der Waals surface area (Å²) in [6, 6.07) is 10.8. The molecule has 1 unspecified atom stereocenters. The molecule has 1 aromatic rings. The normalized spacial score (nSPS) is 28.2. The summed E-state index contributed by atoms with van der Waals surface area (Å²) in [7, 11) is 0. The highest BCUT2D eigenvalue weighted by atomic mass is 16.2. The molecule has 1 amide bonds. The van der Waals surface area contributed by atoms with Crippen LogP contribution in [-0.2, 0) is 4.79 Å². The van der Waals surface area contributed by atoms with Crippen molar-refractivity contribution in [2.24, 2.45) is 17.8 Å². The van der Waals surface area contributed by atoms with Crippen molar-refractivity contribution < 1.29 is 4.79 Å². The zero-order chi connectivity index (χ0) is 13.5. The van der Waals surface area contributed by atoms with E-state index in [-0.39, 0.29) is 0 Å².